The molecule has 0 heterocycles. The van der Waals surface area contributed by atoms with Gasteiger partial charge in [0.15, 0.2) is 0 Å². The van der Waals surface area contributed by atoms with Crippen LogP contribution in [0.25, 0.3) is 0 Å². The van der Waals surface area contributed by atoms with Crippen LogP contribution < -0.4 is 0 Å². The summed E-state index contributed by atoms with van der Waals surface area (Å²) in [7, 11) is 0. The highest BCUT2D eigenvalue weighted by Gasteiger charge is 2.33. The van der Waals surface area contributed by atoms with Crippen molar-refractivity contribution >= 4 is 31.9 Å². The minimum Gasteiger partial charge on any atom is -0.371 e. The normalized spacial score (nSPS) is 13.5. The summed E-state index contributed by atoms with van der Waals surface area (Å²) in [5, 5.41) is 1.25. The number of rotatable bonds is 7. The van der Waals surface area contributed by atoms with E-state index in [1.54, 1.807) is 0 Å². The summed E-state index contributed by atoms with van der Waals surface area (Å²) in [6, 6.07) is 0. The molecule has 0 unspecified atom stereocenters. The van der Waals surface area contributed by atoms with Crippen molar-refractivity contribution in [3.8, 4) is 0 Å². The average molecular weight is 370 g/mol. The zero-order valence-electron chi connectivity index (χ0n) is 9.41. The second-order valence-electron chi connectivity index (χ2n) is 4.47. The standard InChI is InChI=1S/C10H17Br2F3O/c1-8(2)3-9(4-11,5-12)6-16-7-10(13,14)15/h8H,3-7H2,1-2H3. The molecular formula is C10H17Br2F3O. The molecule has 0 aromatic heterocycles. The van der Waals surface area contributed by atoms with Crippen molar-refractivity contribution < 1.29 is 17.9 Å². The lowest BCUT2D eigenvalue weighted by molar-refractivity contribution is -0.179. The summed E-state index contributed by atoms with van der Waals surface area (Å²) in [6.45, 7) is 3.03. The van der Waals surface area contributed by atoms with Crippen LogP contribution in [0, 0.1) is 11.3 Å². The molecule has 0 atom stereocenters. The lowest BCUT2D eigenvalue weighted by Gasteiger charge is -2.31. The maximum absolute atomic E-state index is 12.0. The van der Waals surface area contributed by atoms with Crippen molar-refractivity contribution in [1.82, 2.24) is 0 Å². The van der Waals surface area contributed by atoms with Crippen LogP contribution in [0.1, 0.15) is 20.3 Å². The molecule has 0 aromatic carbocycles. The third kappa shape index (κ3) is 7.12. The Labute approximate surface area is 111 Å². The first kappa shape index (κ1) is 16.7. The third-order valence-corrected chi connectivity index (χ3v) is 4.46. The molecule has 98 valence electrons. The molecule has 0 saturated carbocycles. The van der Waals surface area contributed by atoms with Gasteiger partial charge < -0.3 is 4.74 Å². The summed E-state index contributed by atoms with van der Waals surface area (Å²) in [5.41, 5.74) is -0.264. The molecule has 0 radical (unpaired) electrons. The quantitative estimate of drug-likeness (QED) is 0.605. The van der Waals surface area contributed by atoms with Crippen LogP contribution in [-0.2, 0) is 4.74 Å². The van der Waals surface area contributed by atoms with Gasteiger partial charge in [0.2, 0.25) is 0 Å². The largest absolute Gasteiger partial charge is 0.411 e. The fraction of sp³-hybridized carbons (Fsp3) is 1.00. The summed E-state index contributed by atoms with van der Waals surface area (Å²) in [4.78, 5) is 0. The second-order valence-corrected chi connectivity index (χ2v) is 5.59. The molecule has 0 aromatic rings. The predicted octanol–water partition coefficient (Wildman–Crippen LogP) is 4.39. The van der Waals surface area contributed by atoms with Crippen molar-refractivity contribution in [3.05, 3.63) is 0 Å². The van der Waals surface area contributed by atoms with E-state index in [4.69, 9.17) is 4.74 Å². The summed E-state index contributed by atoms with van der Waals surface area (Å²) in [6.07, 6.45) is -3.43. The van der Waals surface area contributed by atoms with E-state index in [1.165, 1.54) is 0 Å². The van der Waals surface area contributed by atoms with E-state index in [-0.39, 0.29) is 12.0 Å². The van der Waals surface area contributed by atoms with Crippen LogP contribution in [0.15, 0.2) is 0 Å². The first-order valence-corrected chi connectivity index (χ1v) is 7.25. The number of hydrogen-bond donors (Lipinski definition) is 0. The highest BCUT2D eigenvalue weighted by Crippen LogP contribution is 2.32. The lowest BCUT2D eigenvalue weighted by atomic mass is 9.85. The molecule has 1 nitrogen and oxygen atoms in total. The molecule has 16 heavy (non-hydrogen) atoms. The highest BCUT2D eigenvalue weighted by atomic mass is 79.9. The predicted molar refractivity (Wildman–Crippen MR) is 66.4 cm³/mol. The van der Waals surface area contributed by atoms with Gasteiger partial charge in [-0.15, -0.1) is 0 Å². The van der Waals surface area contributed by atoms with E-state index >= 15 is 0 Å². The lowest BCUT2D eigenvalue weighted by Crippen LogP contribution is -2.34. The molecule has 0 rings (SSSR count). The number of ether oxygens (including phenoxy) is 1. The fourth-order valence-corrected chi connectivity index (χ4v) is 3.24. The minimum absolute atomic E-state index is 0.112. The first-order valence-electron chi connectivity index (χ1n) is 5.01. The van der Waals surface area contributed by atoms with Gasteiger partial charge in [-0.1, -0.05) is 45.7 Å². The van der Waals surface area contributed by atoms with E-state index in [1.807, 2.05) is 13.8 Å². The molecule has 0 saturated heterocycles. The van der Waals surface area contributed by atoms with Gasteiger partial charge >= 0.3 is 6.18 Å². The fourth-order valence-electron chi connectivity index (χ4n) is 1.53. The Kier molecular flexibility index (Phi) is 7.53. The highest BCUT2D eigenvalue weighted by molar-refractivity contribution is 9.09. The zero-order chi connectivity index (χ0) is 12.8. The van der Waals surface area contributed by atoms with Crippen molar-refractivity contribution in [2.24, 2.45) is 11.3 Å². The van der Waals surface area contributed by atoms with Crippen LogP contribution in [0.2, 0.25) is 0 Å². The van der Waals surface area contributed by atoms with Crippen LogP contribution in [0.3, 0.4) is 0 Å². The van der Waals surface area contributed by atoms with E-state index in [0.29, 0.717) is 16.6 Å². The number of hydrogen-bond acceptors (Lipinski definition) is 1. The van der Waals surface area contributed by atoms with Crippen LogP contribution >= 0.6 is 31.9 Å². The van der Waals surface area contributed by atoms with Gasteiger partial charge in [-0.05, 0) is 12.3 Å². The zero-order valence-corrected chi connectivity index (χ0v) is 12.6. The van der Waals surface area contributed by atoms with Crippen molar-refractivity contribution in [3.63, 3.8) is 0 Å². The van der Waals surface area contributed by atoms with Crippen LogP contribution in [0.5, 0.6) is 0 Å². The number of alkyl halides is 5. The SMILES string of the molecule is CC(C)CC(CBr)(CBr)COCC(F)(F)F. The molecule has 0 spiro atoms. The van der Waals surface area contributed by atoms with Crippen LogP contribution in [0.4, 0.5) is 13.2 Å². The Balaban J connectivity index is 4.22. The van der Waals surface area contributed by atoms with E-state index in [0.717, 1.165) is 6.42 Å². The van der Waals surface area contributed by atoms with Gasteiger partial charge in [0.25, 0.3) is 0 Å². The van der Waals surface area contributed by atoms with Gasteiger partial charge in [0.05, 0.1) is 6.61 Å². The van der Waals surface area contributed by atoms with E-state index in [9.17, 15) is 13.2 Å². The van der Waals surface area contributed by atoms with Crippen molar-refractivity contribution in [2.75, 3.05) is 23.9 Å². The molecule has 6 heteroatoms. The third-order valence-electron chi connectivity index (χ3n) is 2.08. The van der Waals surface area contributed by atoms with Gasteiger partial charge in [0, 0.05) is 16.1 Å². The Morgan fingerprint density at radius 2 is 1.56 bits per heavy atom. The Morgan fingerprint density at radius 3 is 1.88 bits per heavy atom. The Bertz CT molecular complexity index is 191. The molecule has 0 aliphatic rings. The van der Waals surface area contributed by atoms with Crippen molar-refractivity contribution in [1.29, 1.82) is 0 Å². The molecule has 0 bridgehead atoms. The summed E-state index contributed by atoms with van der Waals surface area (Å²) < 4.78 is 40.6. The smallest absolute Gasteiger partial charge is 0.371 e. The van der Waals surface area contributed by atoms with Gasteiger partial charge in [0.1, 0.15) is 6.61 Å². The summed E-state index contributed by atoms with van der Waals surface area (Å²) >= 11 is 6.70. The van der Waals surface area contributed by atoms with Gasteiger partial charge in [-0.3, -0.25) is 0 Å². The molecular weight excluding hydrogens is 353 g/mol. The maximum Gasteiger partial charge on any atom is 0.411 e. The molecule has 0 aliphatic heterocycles. The van der Waals surface area contributed by atoms with Crippen molar-refractivity contribution in [2.45, 2.75) is 26.4 Å². The van der Waals surface area contributed by atoms with Gasteiger partial charge in [-0.2, -0.15) is 13.2 Å². The second kappa shape index (κ2) is 7.21. The first-order chi connectivity index (χ1) is 7.24. The monoisotopic (exact) mass is 368 g/mol. The Hall–Kier alpha value is 0.710. The molecule has 0 fully saturated rings. The number of halogens is 5. The maximum atomic E-state index is 12.0. The van der Waals surface area contributed by atoms with E-state index in [2.05, 4.69) is 31.9 Å². The Morgan fingerprint density at radius 1 is 1.06 bits per heavy atom. The molecule has 0 amide bonds. The van der Waals surface area contributed by atoms with Gasteiger partial charge in [-0.25, -0.2) is 0 Å². The van der Waals surface area contributed by atoms with E-state index < -0.39 is 12.8 Å². The topological polar surface area (TPSA) is 9.23 Å². The minimum atomic E-state index is -4.25. The average Bonchev–Trinajstić information content (AvgIpc) is 2.13. The molecule has 0 N–H and O–H groups in total. The van der Waals surface area contributed by atoms with Crippen LogP contribution in [-0.4, -0.2) is 30.1 Å². The summed E-state index contributed by atoms with van der Waals surface area (Å²) in [5.74, 6) is 0.421. The molecule has 0 aliphatic carbocycles.